The van der Waals surface area contributed by atoms with Crippen molar-refractivity contribution in [3.8, 4) is 0 Å². The van der Waals surface area contributed by atoms with Crippen LogP contribution in [-0.4, -0.2) is 84.9 Å². The van der Waals surface area contributed by atoms with Gasteiger partial charge in [0.2, 0.25) is 5.91 Å². The van der Waals surface area contributed by atoms with Gasteiger partial charge in [0.1, 0.15) is 6.04 Å². The maximum atomic E-state index is 13.3. The van der Waals surface area contributed by atoms with E-state index in [9.17, 15) is 9.59 Å². The van der Waals surface area contributed by atoms with Crippen LogP contribution < -0.4 is 5.32 Å². The third-order valence-electron chi connectivity index (χ3n) is 6.25. The smallest absolute Gasteiger partial charge is 0.287 e. The summed E-state index contributed by atoms with van der Waals surface area (Å²) in [5.74, 6) is -0.163. The molecular formula is C24H32N4O3. The highest BCUT2D eigenvalue weighted by atomic mass is 16.3. The van der Waals surface area contributed by atoms with Gasteiger partial charge in [0.25, 0.3) is 5.91 Å². The SMILES string of the molecule is O=C(NC(Cc1ccccc1)C(=O)N1CCN(CCN2CCCC2)CC1)c1ccco1. The summed E-state index contributed by atoms with van der Waals surface area (Å²) in [7, 11) is 0. The molecule has 2 saturated heterocycles. The summed E-state index contributed by atoms with van der Waals surface area (Å²) >= 11 is 0. The van der Waals surface area contributed by atoms with Gasteiger partial charge in [-0.25, -0.2) is 0 Å². The van der Waals surface area contributed by atoms with Gasteiger partial charge in [-0.2, -0.15) is 0 Å². The quantitative estimate of drug-likeness (QED) is 0.701. The molecule has 1 aromatic carbocycles. The number of piperazine rings is 1. The highest BCUT2D eigenvalue weighted by molar-refractivity contribution is 5.95. The molecule has 0 radical (unpaired) electrons. The number of carbonyl (C=O) groups is 2. The van der Waals surface area contributed by atoms with Crippen molar-refractivity contribution in [2.24, 2.45) is 0 Å². The Labute approximate surface area is 184 Å². The zero-order valence-corrected chi connectivity index (χ0v) is 18.0. The molecule has 7 heteroatoms. The molecule has 2 aromatic rings. The molecule has 166 valence electrons. The monoisotopic (exact) mass is 424 g/mol. The average molecular weight is 425 g/mol. The van der Waals surface area contributed by atoms with E-state index >= 15 is 0 Å². The highest BCUT2D eigenvalue weighted by Crippen LogP contribution is 2.12. The molecule has 1 aromatic heterocycles. The Kier molecular flexibility index (Phi) is 7.38. The molecule has 1 N–H and O–H groups in total. The van der Waals surface area contributed by atoms with E-state index in [2.05, 4.69) is 15.1 Å². The Hall–Kier alpha value is -2.64. The van der Waals surface area contributed by atoms with Crippen molar-refractivity contribution in [1.82, 2.24) is 20.0 Å². The van der Waals surface area contributed by atoms with E-state index in [4.69, 9.17) is 4.42 Å². The van der Waals surface area contributed by atoms with Crippen molar-refractivity contribution in [3.63, 3.8) is 0 Å². The van der Waals surface area contributed by atoms with Gasteiger partial charge < -0.3 is 19.5 Å². The summed E-state index contributed by atoms with van der Waals surface area (Å²) in [4.78, 5) is 32.8. The lowest BCUT2D eigenvalue weighted by atomic mass is 10.0. The lowest BCUT2D eigenvalue weighted by Gasteiger charge is -2.37. The molecule has 0 spiro atoms. The van der Waals surface area contributed by atoms with Crippen molar-refractivity contribution >= 4 is 11.8 Å². The van der Waals surface area contributed by atoms with Gasteiger partial charge in [0.05, 0.1) is 6.26 Å². The fraction of sp³-hybridized carbons (Fsp3) is 0.500. The van der Waals surface area contributed by atoms with Crippen LogP contribution in [0.25, 0.3) is 0 Å². The Morgan fingerprint density at radius 2 is 1.55 bits per heavy atom. The molecule has 1 atom stereocenters. The van der Waals surface area contributed by atoms with Crippen molar-refractivity contribution in [3.05, 3.63) is 60.1 Å². The lowest BCUT2D eigenvalue weighted by molar-refractivity contribution is -0.135. The van der Waals surface area contributed by atoms with Crippen molar-refractivity contribution < 1.29 is 14.0 Å². The number of likely N-dealkylation sites (tertiary alicyclic amines) is 1. The van der Waals surface area contributed by atoms with E-state index in [1.54, 1.807) is 12.1 Å². The van der Waals surface area contributed by atoms with Gasteiger partial charge in [-0.1, -0.05) is 30.3 Å². The Morgan fingerprint density at radius 1 is 0.871 bits per heavy atom. The molecular weight excluding hydrogens is 392 g/mol. The minimum atomic E-state index is -0.615. The predicted octanol–water partition coefficient (Wildman–Crippen LogP) is 1.86. The number of furan rings is 1. The highest BCUT2D eigenvalue weighted by Gasteiger charge is 2.29. The first kappa shape index (κ1) is 21.6. The lowest BCUT2D eigenvalue weighted by Crippen LogP contribution is -2.56. The molecule has 7 nitrogen and oxygen atoms in total. The summed E-state index contributed by atoms with van der Waals surface area (Å²) in [6.07, 6.45) is 4.55. The molecule has 2 fully saturated rings. The van der Waals surface area contributed by atoms with Crippen LogP contribution in [0.5, 0.6) is 0 Å². The second-order valence-corrected chi connectivity index (χ2v) is 8.41. The van der Waals surface area contributed by atoms with Gasteiger partial charge in [-0.15, -0.1) is 0 Å². The number of rotatable bonds is 8. The molecule has 31 heavy (non-hydrogen) atoms. The molecule has 2 aliphatic heterocycles. The van der Waals surface area contributed by atoms with E-state index in [1.807, 2.05) is 35.2 Å². The minimum absolute atomic E-state index is 0.0250. The van der Waals surface area contributed by atoms with Crippen LogP contribution in [0.4, 0.5) is 0 Å². The fourth-order valence-electron chi connectivity index (χ4n) is 4.39. The van der Waals surface area contributed by atoms with E-state index < -0.39 is 6.04 Å². The Bertz CT molecular complexity index is 826. The average Bonchev–Trinajstić information content (AvgIpc) is 3.52. The summed E-state index contributed by atoms with van der Waals surface area (Å²) in [5.41, 5.74) is 1.02. The first-order valence-corrected chi connectivity index (χ1v) is 11.3. The number of nitrogens with zero attached hydrogens (tertiary/aromatic N) is 3. The topological polar surface area (TPSA) is 69.0 Å². The summed E-state index contributed by atoms with van der Waals surface area (Å²) in [6.45, 7) is 7.76. The predicted molar refractivity (Wildman–Crippen MR) is 119 cm³/mol. The maximum absolute atomic E-state index is 13.3. The van der Waals surface area contributed by atoms with Gasteiger partial charge in [0, 0.05) is 45.7 Å². The standard InChI is InChI=1S/C24H32N4O3/c29-23(22-9-6-18-31-22)25-21(19-20-7-2-1-3-8-20)24(30)28-16-14-27(15-17-28)13-12-26-10-4-5-11-26/h1-3,6-9,18,21H,4-5,10-17,19H2,(H,25,29). The largest absolute Gasteiger partial charge is 0.459 e. The van der Waals surface area contributed by atoms with Crippen LogP contribution >= 0.6 is 0 Å². The molecule has 1 unspecified atom stereocenters. The molecule has 0 aliphatic carbocycles. The third kappa shape index (κ3) is 5.95. The summed E-state index contributed by atoms with van der Waals surface area (Å²) in [5, 5.41) is 2.89. The summed E-state index contributed by atoms with van der Waals surface area (Å²) in [6, 6.07) is 12.5. The van der Waals surface area contributed by atoms with Crippen LogP contribution in [0.15, 0.2) is 53.1 Å². The number of benzene rings is 1. The molecule has 2 amide bonds. The van der Waals surface area contributed by atoms with Crippen LogP contribution in [0, 0.1) is 0 Å². The Balaban J connectivity index is 1.34. The second-order valence-electron chi connectivity index (χ2n) is 8.41. The van der Waals surface area contributed by atoms with Gasteiger partial charge in [0.15, 0.2) is 5.76 Å². The number of hydrogen-bond donors (Lipinski definition) is 1. The van der Waals surface area contributed by atoms with E-state index in [0.29, 0.717) is 19.5 Å². The van der Waals surface area contributed by atoms with Crippen LogP contribution in [0.1, 0.15) is 29.0 Å². The molecule has 4 rings (SSSR count). The zero-order chi connectivity index (χ0) is 21.5. The number of hydrogen-bond acceptors (Lipinski definition) is 5. The first-order valence-electron chi connectivity index (χ1n) is 11.3. The van der Waals surface area contributed by atoms with Crippen molar-refractivity contribution in [1.29, 1.82) is 0 Å². The van der Waals surface area contributed by atoms with Crippen LogP contribution in [-0.2, 0) is 11.2 Å². The first-order chi connectivity index (χ1) is 15.2. The number of nitrogens with one attached hydrogen (secondary N) is 1. The van der Waals surface area contributed by atoms with Crippen molar-refractivity contribution in [2.45, 2.75) is 25.3 Å². The molecule has 2 aliphatic rings. The van der Waals surface area contributed by atoms with Gasteiger partial charge >= 0.3 is 0 Å². The molecule has 0 saturated carbocycles. The Morgan fingerprint density at radius 3 is 2.19 bits per heavy atom. The number of carbonyl (C=O) groups excluding carboxylic acids is 2. The van der Waals surface area contributed by atoms with Crippen LogP contribution in [0.2, 0.25) is 0 Å². The van der Waals surface area contributed by atoms with E-state index in [-0.39, 0.29) is 17.6 Å². The maximum Gasteiger partial charge on any atom is 0.287 e. The van der Waals surface area contributed by atoms with Gasteiger partial charge in [-0.3, -0.25) is 14.5 Å². The number of amides is 2. The third-order valence-corrected chi connectivity index (χ3v) is 6.25. The normalized spacial score (nSPS) is 18.8. The van der Waals surface area contributed by atoms with E-state index in [1.165, 1.54) is 32.2 Å². The molecule has 3 heterocycles. The molecule has 0 bridgehead atoms. The van der Waals surface area contributed by atoms with Crippen LogP contribution in [0.3, 0.4) is 0 Å². The van der Waals surface area contributed by atoms with E-state index in [0.717, 1.165) is 31.7 Å². The summed E-state index contributed by atoms with van der Waals surface area (Å²) < 4.78 is 5.21. The van der Waals surface area contributed by atoms with Gasteiger partial charge in [-0.05, 0) is 43.6 Å². The second kappa shape index (κ2) is 10.6. The zero-order valence-electron chi connectivity index (χ0n) is 18.0. The minimum Gasteiger partial charge on any atom is -0.459 e. The van der Waals surface area contributed by atoms with Crippen molar-refractivity contribution in [2.75, 3.05) is 52.4 Å². The fourth-order valence-corrected chi connectivity index (χ4v) is 4.39.